The first-order valence-electron chi connectivity index (χ1n) is 5.48. The fourth-order valence-electron chi connectivity index (χ4n) is 1.53. The highest BCUT2D eigenvalue weighted by molar-refractivity contribution is 5.87. The Bertz CT molecular complexity index is 594. The minimum Gasteiger partial charge on any atom is -0.497 e. The van der Waals surface area contributed by atoms with Crippen LogP contribution in [0, 0.1) is 5.82 Å². The summed E-state index contributed by atoms with van der Waals surface area (Å²) in [6, 6.07) is 5.69. The lowest BCUT2D eigenvalue weighted by Gasteiger charge is -2.07. The van der Waals surface area contributed by atoms with Crippen LogP contribution in [0.5, 0.6) is 5.75 Å². The van der Waals surface area contributed by atoms with Gasteiger partial charge in [-0.1, -0.05) is 0 Å². The Morgan fingerprint density at radius 2 is 2.26 bits per heavy atom. The standard InChI is InChI=1S/C13H12FNO4/c1-18-9-2-3-11(14)12(5-9)15-6-10-4-8(7-19-10)13(16)17/h2-5,7,15H,6H2,1H3,(H,16,17). The van der Waals surface area contributed by atoms with Gasteiger partial charge in [-0.15, -0.1) is 0 Å². The van der Waals surface area contributed by atoms with Crippen LogP contribution in [-0.4, -0.2) is 18.2 Å². The van der Waals surface area contributed by atoms with Crippen LogP contribution < -0.4 is 10.1 Å². The van der Waals surface area contributed by atoms with Crippen LogP contribution in [0.25, 0.3) is 0 Å². The molecule has 2 N–H and O–H groups in total. The van der Waals surface area contributed by atoms with E-state index in [9.17, 15) is 9.18 Å². The van der Waals surface area contributed by atoms with E-state index in [2.05, 4.69) is 5.32 Å². The number of furan rings is 1. The number of carboxylic acids is 1. The van der Waals surface area contributed by atoms with E-state index in [1.54, 1.807) is 0 Å². The lowest BCUT2D eigenvalue weighted by atomic mass is 10.2. The molecule has 1 aromatic heterocycles. The highest BCUT2D eigenvalue weighted by Crippen LogP contribution is 2.22. The smallest absolute Gasteiger partial charge is 0.338 e. The monoisotopic (exact) mass is 265 g/mol. The van der Waals surface area contributed by atoms with Crippen LogP contribution in [0.3, 0.4) is 0 Å². The lowest BCUT2D eigenvalue weighted by molar-refractivity contribution is 0.0696. The van der Waals surface area contributed by atoms with Gasteiger partial charge >= 0.3 is 5.97 Å². The number of methoxy groups -OCH3 is 1. The first kappa shape index (κ1) is 12.9. The van der Waals surface area contributed by atoms with Crippen LogP contribution >= 0.6 is 0 Å². The molecular weight excluding hydrogens is 253 g/mol. The number of aromatic carboxylic acids is 1. The molecule has 0 atom stereocenters. The maximum absolute atomic E-state index is 13.5. The Labute approximate surface area is 108 Å². The summed E-state index contributed by atoms with van der Waals surface area (Å²) in [5.74, 6) is -0.567. The SMILES string of the molecule is COc1ccc(F)c(NCc2cc(C(=O)O)co2)c1. The molecule has 5 nitrogen and oxygen atoms in total. The summed E-state index contributed by atoms with van der Waals surface area (Å²) in [6.07, 6.45) is 1.14. The van der Waals surface area contributed by atoms with E-state index in [1.165, 1.54) is 31.4 Å². The molecule has 0 saturated carbocycles. The summed E-state index contributed by atoms with van der Waals surface area (Å²) in [5.41, 5.74) is 0.315. The first-order valence-corrected chi connectivity index (χ1v) is 5.48. The maximum Gasteiger partial charge on any atom is 0.338 e. The molecule has 0 saturated heterocycles. The Kier molecular flexibility index (Phi) is 3.70. The molecule has 6 heteroatoms. The Morgan fingerprint density at radius 3 is 2.89 bits per heavy atom. The Morgan fingerprint density at radius 1 is 1.47 bits per heavy atom. The minimum absolute atomic E-state index is 0.0583. The summed E-state index contributed by atoms with van der Waals surface area (Å²) < 4.78 is 23.5. The summed E-state index contributed by atoms with van der Waals surface area (Å²) in [6.45, 7) is 0.178. The second-order valence-electron chi connectivity index (χ2n) is 3.81. The topological polar surface area (TPSA) is 71.7 Å². The van der Waals surface area contributed by atoms with E-state index in [1.807, 2.05) is 0 Å². The van der Waals surface area contributed by atoms with Crippen LogP contribution in [0.2, 0.25) is 0 Å². The highest BCUT2D eigenvalue weighted by Gasteiger charge is 2.09. The molecule has 0 aliphatic heterocycles. The number of anilines is 1. The fraction of sp³-hybridized carbons (Fsp3) is 0.154. The molecule has 0 fully saturated rings. The van der Waals surface area contributed by atoms with Gasteiger partial charge in [0.2, 0.25) is 0 Å². The summed E-state index contributed by atoms with van der Waals surface area (Å²) in [5, 5.41) is 11.6. The van der Waals surface area contributed by atoms with Crippen LogP contribution in [-0.2, 0) is 6.54 Å². The van der Waals surface area contributed by atoms with Crippen molar-refractivity contribution < 1.29 is 23.4 Å². The van der Waals surface area contributed by atoms with Gasteiger partial charge in [0, 0.05) is 6.07 Å². The van der Waals surface area contributed by atoms with Gasteiger partial charge in [0.1, 0.15) is 23.6 Å². The molecule has 0 aliphatic carbocycles. The molecule has 0 aliphatic rings. The zero-order chi connectivity index (χ0) is 13.8. The number of rotatable bonds is 5. The van der Waals surface area contributed by atoms with Gasteiger partial charge in [0.25, 0.3) is 0 Å². The molecule has 0 spiro atoms. The van der Waals surface area contributed by atoms with Crippen molar-refractivity contribution in [2.75, 3.05) is 12.4 Å². The van der Waals surface area contributed by atoms with Crippen LogP contribution in [0.4, 0.5) is 10.1 Å². The van der Waals surface area contributed by atoms with Crippen molar-refractivity contribution in [3.8, 4) is 5.75 Å². The van der Waals surface area contributed by atoms with Gasteiger partial charge in [-0.3, -0.25) is 0 Å². The molecule has 19 heavy (non-hydrogen) atoms. The van der Waals surface area contributed by atoms with Crippen LogP contribution in [0.1, 0.15) is 16.1 Å². The zero-order valence-electron chi connectivity index (χ0n) is 10.1. The number of carboxylic acid groups (broad SMARTS) is 1. The van der Waals surface area contributed by atoms with Gasteiger partial charge < -0.3 is 19.6 Å². The molecular formula is C13H12FNO4. The average Bonchev–Trinajstić information content (AvgIpc) is 2.87. The summed E-state index contributed by atoms with van der Waals surface area (Å²) in [4.78, 5) is 10.7. The zero-order valence-corrected chi connectivity index (χ0v) is 10.1. The maximum atomic E-state index is 13.5. The van der Waals surface area contributed by atoms with Crippen molar-refractivity contribution in [2.45, 2.75) is 6.54 Å². The van der Waals surface area contributed by atoms with Gasteiger partial charge in [0.05, 0.1) is 24.9 Å². The third kappa shape index (κ3) is 3.04. The molecule has 0 amide bonds. The van der Waals surface area contributed by atoms with E-state index < -0.39 is 11.8 Å². The molecule has 1 heterocycles. The van der Waals surface area contributed by atoms with Crippen molar-refractivity contribution in [1.29, 1.82) is 0 Å². The van der Waals surface area contributed by atoms with E-state index in [4.69, 9.17) is 14.3 Å². The van der Waals surface area contributed by atoms with E-state index in [0.717, 1.165) is 6.26 Å². The quantitative estimate of drug-likeness (QED) is 0.869. The Hall–Kier alpha value is -2.50. The predicted octanol–water partition coefficient (Wildman–Crippen LogP) is 2.74. The largest absolute Gasteiger partial charge is 0.497 e. The van der Waals surface area contributed by atoms with Gasteiger partial charge in [-0.05, 0) is 18.2 Å². The first-order chi connectivity index (χ1) is 9.10. The molecule has 0 bridgehead atoms. The number of ether oxygens (including phenoxy) is 1. The molecule has 2 rings (SSSR count). The fourth-order valence-corrected chi connectivity index (χ4v) is 1.53. The third-order valence-corrected chi connectivity index (χ3v) is 2.53. The van der Waals surface area contributed by atoms with Crippen molar-refractivity contribution in [3.63, 3.8) is 0 Å². The van der Waals surface area contributed by atoms with E-state index >= 15 is 0 Å². The van der Waals surface area contributed by atoms with Crippen molar-refractivity contribution >= 4 is 11.7 Å². The predicted molar refractivity (Wildman–Crippen MR) is 65.9 cm³/mol. The number of benzene rings is 1. The van der Waals surface area contributed by atoms with E-state index in [0.29, 0.717) is 11.5 Å². The normalized spacial score (nSPS) is 10.2. The second kappa shape index (κ2) is 5.43. The molecule has 100 valence electrons. The number of carbonyl (C=O) groups is 1. The minimum atomic E-state index is -1.07. The lowest BCUT2D eigenvalue weighted by Crippen LogP contribution is -2.01. The summed E-state index contributed by atoms with van der Waals surface area (Å²) >= 11 is 0. The highest BCUT2D eigenvalue weighted by atomic mass is 19.1. The van der Waals surface area contributed by atoms with Crippen molar-refractivity contribution in [1.82, 2.24) is 0 Å². The number of halogens is 1. The van der Waals surface area contributed by atoms with E-state index in [-0.39, 0.29) is 17.8 Å². The molecule has 0 radical (unpaired) electrons. The summed E-state index contributed by atoms with van der Waals surface area (Å²) in [7, 11) is 1.49. The Balaban J connectivity index is 2.07. The molecule has 1 aromatic carbocycles. The number of nitrogens with one attached hydrogen (secondary N) is 1. The number of hydrogen-bond acceptors (Lipinski definition) is 4. The van der Waals surface area contributed by atoms with Crippen LogP contribution in [0.15, 0.2) is 34.9 Å². The third-order valence-electron chi connectivity index (χ3n) is 2.53. The van der Waals surface area contributed by atoms with Crippen molar-refractivity contribution in [2.24, 2.45) is 0 Å². The number of hydrogen-bond donors (Lipinski definition) is 2. The molecule has 0 unspecified atom stereocenters. The second-order valence-corrected chi connectivity index (χ2v) is 3.81. The molecule has 2 aromatic rings. The van der Waals surface area contributed by atoms with Gasteiger partial charge in [-0.25, -0.2) is 9.18 Å². The van der Waals surface area contributed by atoms with Gasteiger partial charge in [-0.2, -0.15) is 0 Å². The van der Waals surface area contributed by atoms with Crippen molar-refractivity contribution in [3.05, 3.63) is 47.7 Å². The van der Waals surface area contributed by atoms with Gasteiger partial charge in [0.15, 0.2) is 0 Å². The average molecular weight is 265 g/mol.